The SMILES string of the molecule is COC(=O)C1=C(C(=O)OC)N(c2ccccc2NCC2CCN(C(=O)OC(C)(C)C)CC2)C(N)=C(C#N)C1c1ccccc1. The topological polar surface area (TPSA) is 147 Å². The van der Waals surface area contributed by atoms with Crippen molar-refractivity contribution < 1.29 is 28.6 Å². The highest BCUT2D eigenvalue weighted by Gasteiger charge is 2.43. The molecule has 2 aliphatic rings. The van der Waals surface area contributed by atoms with Crippen LogP contribution in [0.2, 0.25) is 0 Å². The number of carbonyl (C=O) groups is 3. The Bertz CT molecular complexity index is 1500. The fourth-order valence-electron chi connectivity index (χ4n) is 5.48. The van der Waals surface area contributed by atoms with E-state index in [9.17, 15) is 19.6 Å². The molecule has 1 unspecified atom stereocenters. The number of piperidine rings is 1. The minimum Gasteiger partial charge on any atom is -0.466 e. The highest BCUT2D eigenvalue weighted by atomic mass is 16.6. The first-order valence-electron chi connectivity index (χ1n) is 14.5. The third kappa shape index (κ3) is 6.80. The third-order valence-corrected chi connectivity index (χ3v) is 7.60. The zero-order valence-corrected chi connectivity index (χ0v) is 25.8. The number of benzene rings is 2. The average molecular weight is 602 g/mol. The maximum Gasteiger partial charge on any atom is 0.410 e. The van der Waals surface area contributed by atoms with Gasteiger partial charge in [-0.2, -0.15) is 5.26 Å². The van der Waals surface area contributed by atoms with E-state index in [1.807, 2.05) is 39.0 Å². The van der Waals surface area contributed by atoms with Crippen molar-refractivity contribution in [3.05, 3.63) is 82.8 Å². The number of nitriles is 1. The fraction of sp³-hybridized carbons (Fsp3) is 0.394. The molecule has 1 atom stereocenters. The summed E-state index contributed by atoms with van der Waals surface area (Å²) in [4.78, 5) is 42.4. The van der Waals surface area contributed by atoms with Crippen molar-refractivity contribution >= 4 is 29.4 Å². The van der Waals surface area contributed by atoms with Gasteiger partial charge in [-0.1, -0.05) is 42.5 Å². The summed E-state index contributed by atoms with van der Waals surface area (Å²) in [6, 6.07) is 18.2. The van der Waals surface area contributed by atoms with Crippen LogP contribution >= 0.6 is 0 Å². The van der Waals surface area contributed by atoms with Gasteiger partial charge in [0, 0.05) is 19.6 Å². The van der Waals surface area contributed by atoms with Gasteiger partial charge in [0.25, 0.3) is 0 Å². The van der Waals surface area contributed by atoms with Crippen molar-refractivity contribution in [2.45, 2.75) is 45.1 Å². The molecule has 2 heterocycles. The first-order valence-corrected chi connectivity index (χ1v) is 14.5. The molecule has 0 aliphatic carbocycles. The lowest BCUT2D eigenvalue weighted by molar-refractivity contribution is -0.139. The van der Waals surface area contributed by atoms with Crippen LogP contribution in [0.5, 0.6) is 0 Å². The van der Waals surface area contributed by atoms with E-state index in [1.165, 1.54) is 19.1 Å². The molecule has 0 radical (unpaired) electrons. The monoisotopic (exact) mass is 601 g/mol. The van der Waals surface area contributed by atoms with Crippen molar-refractivity contribution in [1.82, 2.24) is 4.90 Å². The second-order valence-corrected chi connectivity index (χ2v) is 11.6. The molecule has 0 saturated carbocycles. The maximum atomic E-state index is 13.4. The van der Waals surface area contributed by atoms with Crippen LogP contribution in [-0.2, 0) is 23.8 Å². The van der Waals surface area contributed by atoms with E-state index in [-0.39, 0.29) is 34.7 Å². The Labute approximate surface area is 257 Å². The molecule has 3 N–H and O–H groups in total. The number of nitrogens with one attached hydrogen (secondary N) is 1. The number of nitrogens with two attached hydrogens (primary N) is 1. The van der Waals surface area contributed by atoms with Gasteiger partial charge in [0.05, 0.1) is 48.7 Å². The molecule has 44 heavy (non-hydrogen) atoms. The van der Waals surface area contributed by atoms with E-state index < -0.39 is 23.5 Å². The Balaban J connectivity index is 1.68. The van der Waals surface area contributed by atoms with Crippen molar-refractivity contribution in [3.8, 4) is 6.07 Å². The zero-order valence-electron chi connectivity index (χ0n) is 25.8. The molecule has 0 bridgehead atoms. The van der Waals surface area contributed by atoms with Gasteiger partial charge in [0.15, 0.2) is 0 Å². The van der Waals surface area contributed by atoms with Crippen LogP contribution in [0.4, 0.5) is 16.2 Å². The van der Waals surface area contributed by atoms with E-state index in [0.29, 0.717) is 36.6 Å². The summed E-state index contributed by atoms with van der Waals surface area (Å²) in [5, 5.41) is 13.8. The summed E-state index contributed by atoms with van der Waals surface area (Å²) >= 11 is 0. The Hall–Kier alpha value is -4.98. The van der Waals surface area contributed by atoms with Crippen LogP contribution in [0.3, 0.4) is 0 Å². The number of carbonyl (C=O) groups excluding carboxylic acids is 3. The summed E-state index contributed by atoms with van der Waals surface area (Å²) in [5.74, 6) is -2.29. The number of likely N-dealkylation sites (tertiary alicyclic amines) is 1. The zero-order chi connectivity index (χ0) is 32.0. The number of esters is 2. The summed E-state index contributed by atoms with van der Waals surface area (Å²) in [5.41, 5.74) is 7.72. The molecule has 1 saturated heterocycles. The first-order chi connectivity index (χ1) is 21.0. The van der Waals surface area contributed by atoms with Gasteiger partial charge in [-0.05, 0) is 57.2 Å². The number of para-hydroxylation sites is 2. The lowest BCUT2D eigenvalue weighted by Gasteiger charge is -2.37. The molecule has 0 spiro atoms. The quantitative estimate of drug-likeness (QED) is 0.340. The molecule has 2 aliphatic heterocycles. The molecule has 2 aromatic rings. The van der Waals surface area contributed by atoms with Gasteiger partial charge in [-0.3, -0.25) is 4.90 Å². The number of allylic oxidation sites excluding steroid dienone is 1. The molecule has 232 valence electrons. The fourth-order valence-corrected chi connectivity index (χ4v) is 5.48. The number of rotatable bonds is 7. The van der Waals surface area contributed by atoms with Crippen LogP contribution in [0.15, 0.2) is 77.3 Å². The number of ether oxygens (including phenoxy) is 3. The Kier molecular flexibility index (Phi) is 9.83. The molecule has 1 amide bonds. The molecule has 11 heteroatoms. The highest BCUT2D eigenvalue weighted by molar-refractivity contribution is 6.07. The standard InChI is InChI=1S/C33H39N5O6/c1-33(2,3)44-32(41)37-17-15-21(16-18-37)20-36-24-13-9-10-14-25(24)38-28(31(40)43-5)27(30(39)42-4)26(23(19-34)29(38)35)22-11-7-6-8-12-22/h6-14,21,26,36H,15-18,20,35H2,1-5H3. The van der Waals surface area contributed by atoms with Crippen LogP contribution < -0.4 is 16.0 Å². The predicted molar refractivity (Wildman–Crippen MR) is 165 cm³/mol. The van der Waals surface area contributed by atoms with Gasteiger partial charge in [-0.15, -0.1) is 0 Å². The molecule has 2 aromatic carbocycles. The van der Waals surface area contributed by atoms with Gasteiger partial charge in [-0.25, -0.2) is 14.4 Å². The van der Waals surface area contributed by atoms with E-state index in [0.717, 1.165) is 12.8 Å². The Morgan fingerprint density at radius 1 is 0.977 bits per heavy atom. The van der Waals surface area contributed by atoms with Crippen molar-refractivity contribution in [3.63, 3.8) is 0 Å². The van der Waals surface area contributed by atoms with E-state index in [4.69, 9.17) is 19.9 Å². The second-order valence-electron chi connectivity index (χ2n) is 11.6. The smallest absolute Gasteiger partial charge is 0.410 e. The number of hydrogen-bond donors (Lipinski definition) is 2. The minimum absolute atomic E-state index is 0.00525. The third-order valence-electron chi connectivity index (χ3n) is 7.60. The molecule has 0 aromatic heterocycles. The van der Waals surface area contributed by atoms with Crippen LogP contribution in [-0.4, -0.2) is 62.4 Å². The lowest BCUT2D eigenvalue weighted by Crippen LogP contribution is -2.42. The van der Waals surface area contributed by atoms with Gasteiger partial charge < -0.3 is 30.2 Å². The predicted octanol–water partition coefficient (Wildman–Crippen LogP) is 4.64. The molecule has 4 rings (SSSR count). The summed E-state index contributed by atoms with van der Waals surface area (Å²) < 4.78 is 15.8. The first kappa shape index (κ1) is 31.9. The van der Waals surface area contributed by atoms with E-state index in [2.05, 4.69) is 11.4 Å². The van der Waals surface area contributed by atoms with Gasteiger partial charge >= 0.3 is 18.0 Å². The molecule has 1 fully saturated rings. The highest BCUT2D eigenvalue weighted by Crippen LogP contribution is 2.44. The lowest BCUT2D eigenvalue weighted by atomic mass is 9.81. The van der Waals surface area contributed by atoms with Gasteiger partial charge in [0.2, 0.25) is 0 Å². The maximum absolute atomic E-state index is 13.4. The number of methoxy groups -OCH3 is 2. The summed E-state index contributed by atoms with van der Waals surface area (Å²) in [7, 11) is 2.43. The van der Waals surface area contributed by atoms with Crippen molar-refractivity contribution in [1.29, 1.82) is 5.26 Å². The second kappa shape index (κ2) is 13.5. The summed E-state index contributed by atoms with van der Waals surface area (Å²) in [6.07, 6.45) is 1.24. The minimum atomic E-state index is -0.950. The van der Waals surface area contributed by atoms with Crippen LogP contribution in [0, 0.1) is 17.2 Å². The van der Waals surface area contributed by atoms with E-state index in [1.54, 1.807) is 41.3 Å². The van der Waals surface area contributed by atoms with E-state index >= 15 is 0 Å². The van der Waals surface area contributed by atoms with Gasteiger partial charge in [0.1, 0.15) is 17.1 Å². The summed E-state index contributed by atoms with van der Waals surface area (Å²) in [6.45, 7) is 7.28. The number of anilines is 2. The normalized spacial score (nSPS) is 17.6. The number of nitrogens with zero attached hydrogens (tertiary/aromatic N) is 3. The number of hydrogen-bond acceptors (Lipinski definition) is 10. The van der Waals surface area contributed by atoms with Crippen molar-refractivity contribution in [2.75, 3.05) is 44.1 Å². The largest absolute Gasteiger partial charge is 0.466 e. The Morgan fingerprint density at radius 2 is 1.59 bits per heavy atom. The number of amides is 1. The molecule has 11 nitrogen and oxygen atoms in total. The Morgan fingerprint density at radius 3 is 2.18 bits per heavy atom. The molecular weight excluding hydrogens is 562 g/mol. The van der Waals surface area contributed by atoms with Crippen LogP contribution in [0.1, 0.15) is 45.1 Å². The van der Waals surface area contributed by atoms with Crippen molar-refractivity contribution in [2.24, 2.45) is 11.7 Å². The van der Waals surface area contributed by atoms with Crippen LogP contribution in [0.25, 0.3) is 0 Å². The average Bonchev–Trinajstić information content (AvgIpc) is 3.02. The molecular formula is C33H39N5O6.